The topological polar surface area (TPSA) is 35.8 Å². The number of hydrogen-bond donors (Lipinski definition) is 1. The van der Waals surface area contributed by atoms with Crippen LogP contribution in [0.25, 0.3) is 0 Å². The Morgan fingerprint density at radius 3 is 2.84 bits per heavy atom. The molecule has 2 aromatic carbocycles. The van der Waals surface area contributed by atoms with Crippen LogP contribution in [0.1, 0.15) is 28.7 Å². The van der Waals surface area contributed by atoms with Crippen molar-refractivity contribution >= 4 is 5.69 Å². The largest absolute Gasteiger partial charge is 0.381 e. The quantitative estimate of drug-likeness (QED) is 0.899. The summed E-state index contributed by atoms with van der Waals surface area (Å²) in [5, 5.41) is 12.3. The minimum Gasteiger partial charge on any atom is -0.381 e. The zero-order valence-electron chi connectivity index (χ0n) is 10.8. The van der Waals surface area contributed by atoms with Crippen LogP contribution in [-0.2, 0) is 19.4 Å². The maximum Gasteiger partial charge on any atom is 0.0991 e. The molecule has 0 unspecified atom stereocenters. The van der Waals surface area contributed by atoms with E-state index in [1.165, 1.54) is 36.1 Å². The zero-order chi connectivity index (χ0) is 13.1. The molecule has 0 aromatic heterocycles. The highest BCUT2D eigenvalue weighted by Gasteiger charge is 2.10. The third-order valence-corrected chi connectivity index (χ3v) is 3.65. The lowest BCUT2D eigenvalue weighted by Gasteiger charge is -2.09. The van der Waals surface area contributed by atoms with Crippen LogP contribution in [0.5, 0.6) is 0 Å². The number of benzene rings is 2. The van der Waals surface area contributed by atoms with Gasteiger partial charge >= 0.3 is 0 Å². The van der Waals surface area contributed by atoms with Gasteiger partial charge in [-0.2, -0.15) is 5.26 Å². The van der Waals surface area contributed by atoms with Crippen LogP contribution < -0.4 is 5.32 Å². The standard InChI is InChI=1S/C17H16N2/c18-11-13-3-1-4-14(9-13)12-19-17-8-7-15-5-2-6-16(15)10-17/h1,3-4,7-10,19H,2,5-6,12H2. The maximum atomic E-state index is 8.88. The maximum absolute atomic E-state index is 8.88. The van der Waals surface area contributed by atoms with Gasteiger partial charge in [0.25, 0.3) is 0 Å². The van der Waals surface area contributed by atoms with E-state index in [0.717, 1.165) is 12.1 Å². The summed E-state index contributed by atoms with van der Waals surface area (Å²) in [6, 6.07) is 16.6. The monoisotopic (exact) mass is 248 g/mol. The highest BCUT2D eigenvalue weighted by molar-refractivity contribution is 5.50. The van der Waals surface area contributed by atoms with Crippen LogP contribution >= 0.6 is 0 Å². The fourth-order valence-electron chi connectivity index (χ4n) is 2.64. The van der Waals surface area contributed by atoms with Gasteiger partial charge in [0.1, 0.15) is 0 Å². The fraction of sp³-hybridized carbons (Fsp3) is 0.235. The first-order valence-corrected chi connectivity index (χ1v) is 6.70. The van der Waals surface area contributed by atoms with E-state index in [1.807, 2.05) is 24.3 Å². The summed E-state index contributed by atoms with van der Waals surface area (Å²) in [6.45, 7) is 0.758. The lowest BCUT2D eigenvalue weighted by atomic mass is 10.1. The molecule has 0 amide bonds. The Morgan fingerprint density at radius 1 is 1.05 bits per heavy atom. The van der Waals surface area contributed by atoms with Crippen molar-refractivity contribution < 1.29 is 0 Å². The molecular weight excluding hydrogens is 232 g/mol. The molecule has 1 N–H and O–H groups in total. The molecule has 0 bridgehead atoms. The summed E-state index contributed by atoms with van der Waals surface area (Å²) in [4.78, 5) is 0. The number of rotatable bonds is 3. The lowest BCUT2D eigenvalue weighted by molar-refractivity contribution is 0.912. The third-order valence-electron chi connectivity index (χ3n) is 3.65. The molecule has 1 aliphatic rings. The van der Waals surface area contributed by atoms with Gasteiger partial charge in [0, 0.05) is 12.2 Å². The summed E-state index contributed by atoms with van der Waals surface area (Å²) in [6.07, 6.45) is 3.71. The molecule has 94 valence electrons. The molecule has 0 radical (unpaired) electrons. The molecule has 0 spiro atoms. The average molecular weight is 248 g/mol. The highest BCUT2D eigenvalue weighted by Crippen LogP contribution is 2.25. The Bertz CT molecular complexity index is 638. The highest BCUT2D eigenvalue weighted by atomic mass is 14.9. The Kier molecular flexibility index (Phi) is 3.20. The van der Waals surface area contributed by atoms with Gasteiger partial charge in [0.15, 0.2) is 0 Å². The third kappa shape index (κ3) is 2.61. The van der Waals surface area contributed by atoms with E-state index in [9.17, 15) is 0 Å². The predicted octanol–water partition coefficient (Wildman–Crippen LogP) is 3.66. The van der Waals surface area contributed by atoms with Crippen LogP contribution in [0.2, 0.25) is 0 Å². The average Bonchev–Trinajstić information content (AvgIpc) is 2.93. The Morgan fingerprint density at radius 2 is 1.95 bits per heavy atom. The number of fused-ring (bicyclic) bond motifs is 1. The Labute approximate surface area is 113 Å². The van der Waals surface area contributed by atoms with Crippen molar-refractivity contribution in [2.45, 2.75) is 25.8 Å². The molecule has 0 atom stereocenters. The smallest absolute Gasteiger partial charge is 0.0991 e. The van der Waals surface area contributed by atoms with Crippen molar-refractivity contribution in [3.8, 4) is 6.07 Å². The van der Waals surface area contributed by atoms with Gasteiger partial charge < -0.3 is 5.32 Å². The fourth-order valence-corrected chi connectivity index (χ4v) is 2.64. The van der Waals surface area contributed by atoms with Crippen LogP contribution in [0, 0.1) is 11.3 Å². The Hall–Kier alpha value is -2.27. The van der Waals surface area contributed by atoms with Crippen molar-refractivity contribution in [3.63, 3.8) is 0 Å². The van der Waals surface area contributed by atoms with Crippen LogP contribution in [-0.4, -0.2) is 0 Å². The number of nitrogens with zero attached hydrogens (tertiary/aromatic N) is 1. The van der Waals surface area contributed by atoms with E-state index >= 15 is 0 Å². The van der Waals surface area contributed by atoms with Crippen LogP contribution in [0.4, 0.5) is 5.69 Å². The summed E-state index contributed by atoms with van der Waals surface area (Å²) < 4.78 is 0. The first-order valence-electron chi connectivity index (χ1n) is 6.70. The molecule has 0 saturated heterocycles. The Balaban J connectivity index is 1.70. The molecule has 2 aromatic rings. The number of hydrogen-bond acceptors (Lipinski definition) is 2. The van der Waals surface area contributed by atoms with Crippen LogP contribution in [0.3, 0.4) is 0 Å². The second-order valence-corrected chi connectivity index (χ2v) is 5.00. The molecule has 2 heteroatoms. The minimum absolute atomic E-state index is 0.716. The molecular formula is C17H16N2. The molecule has 3 rings (SSSR count). The van der Waals surface area contributed by atoms with E-state index in [-0.39, 0.29) is 0 Å². The van der Waals surface area contributed by atoms with Gasteiger partial charge in [0.2, 0.25) is 0 Å². The zero-order valence-corrected chi connectivity index (χ0v) is 10.8. The molecule has 19 heavy (non-hydrogen) atoms. The molecule has 0 saturated carbocycles. The van der Waals surface area contributed by atoms with Crippen LogP contribution in [0.15, 0.2) is 42.5 Å². The van der Waals surface area contributed by atoms with Crippen molar-refractivity contribution in [1.29, 1.82) is 5.26 Å². The molecule has 1 aliphatic carbocycles. The van der Waals surface area contributed by atoms with Gasteiger partial charge in [-0.1, -0.05) is 18.2 Å². The van der Waals surface area contributed by atoms with E-state index < -0.39 is 0 Å². The number of anilines is 1. The van der Waals surface area contributed by atoms with Crippen molar-refractivity contribution in [2.24, 2.45) is 0 Å². The van der Waals surface area contributed by atoms with E-state index in [1.54, 1.807) is 0 Å². The second kappa shape index (κ2) is 5.16. The SMILES string of the molecule is N#Cc1cccc(CNc2ccc3c(c2)CCC3)c1. The molecule has 0 heterocycles. The number of nitriles is 1. The van der Waals surface area contributed by atoms with Gasteiger partial charge in [-0.3, -0.25) is 0 Å². The first-order chi connectivity index (χ1) is 9.35. The van der Waals surface area contributed by atoms with Gasteiger partial charge in [-0.05, 0) is 60.2 Å². The molecule has 0 fully saturated rings. The van der Waals surface area contributed by atoms with E-state index in [4.69, 9.17) is 5.26 Å². The van der Waals surface area contributed by atoms with Gasteiger partial charge in [-0.15, -0.1) is 0 Å². The summed E-state index contributed by atoms with van der Waals surface area (Å²) in [7, 11) is 0. The first kappa shape index (κ1) is 11.8. The summed E-state index contributed by atoms with van der Waals surface area (Å²) >= 11 is 0. The van der Waals surface area contributed by atoms with E-state index in [2.05, 4.69) is 29.6 Å². The second-order valence-electron chi connectivity index (χ2n) is 5.00. The van der Waals surface area contributed by atoms with Crippen molar-refractivity contribution in [3.05, 3.63) is 64.7 Å². The minimum atomic E-state index is 0.716. The number of aryl methyl sites for hydroxylation is 2. The summed E-state index contributed by atoms with van der Waals surface area (Å²) in [5.74, 6) is 0. The van der Waals surface area contributed by atoms with E-state index in [0.29, 0.717) is 5.56 Å². The lowest BCUT2D eigenvalue weighted by Crippen LogP contribution is -2.00. The predicted molar refractivity (Wildman–Crippen MR) is 77.0 cm³/mol. The van der Waals surface area contributed by atoms with Gasteiger partial charge in [0.05, 0.1) is 11.6 Å². The normalized spacial score (nSPS) is 12.8. The number of nitrogens with one attached hydrogen (secondary N) is 1. The van der Waals surface area contributed by atoms with Gasteiger partial charge in [-0.25, -0.2) is 0 Å². The molecule has 0 aliphatic heterocycles. The van der Waals surface area contributed by atoms with Crippen molar-refractivity contribution in [2.75, 3.05) is 5.32 Å². The summed E-state index contributed by atoms with van der Waals surface area (Å²) in [5.41, 5.74) is 6.00. The molecule has 2 nitrogen and oxygen atoms in total. The van der Waals surface area contributed by atoms with Crippen molar-refractivity contribution in [1.82, 2.24) is 0 Å².